The number of fused-ring (bicyclic) bond motifs is 1. The van der Waals surface area contributed by atoms with E-state index in [1.54, 1.807) is 11.3 Å². The van der Waals surface area contributed by atoms with Gasteiger partial charge in [0.25, 0.3) is 0 Å². The molecule has 1 aliphatic carbocycles. The monoisotopic (exact) mass is 227 g/mol. The van der Waals surface area contributed by atoms with Gasteiger partial charge >= 0.3 is 0 Å². The molecule has 76 valence electrons. The summed E-state index contributed by atoms with van der Waals surface area (Å²) in [6, 6.07) is 2.60. The second-order valence-electron chi connectivity index (χ2n) is 3.57. The fourth-order valence-electron chi connectivity index (χ4n) is 1.96. The quantitative estimate of drug-likeness (QED) is 0.779. The zero-order chi connectivity index (χ0) is 9.97. The van der Waals surface area contributed by atoms with Gasteiger partial charge in [-0.15, -0.1) is 17.9 Å². The van der Waals surface area contributed by atoms with Gasteiger partial charge in [0, 0.05) is 17.5 Å². The first-order valence-electron chi connectivity index (χ1n) is 4.93. The van der Waals surface area contributed by atoms with Crippen molar-refractivity contribution in [1.29, 1.82) is 0 Å². The molecule has 14 heavy (non-hydrogen) atoms. The predicted molar refractivity (Wildman–Crippen MR) is 63.2 cm³/mol. The van der Waals surface area contributed by atoms with Crippen LogP contribution in [0.15, 0.2) is 18.7 Å². The Morgan fingerprint density at radius 2 is 2.57 bits per heavy atom. The van der Waals surface area contributed by atoms with E-state index >= 15 is 0 Å². The van der Waals surface area contributed by atoms with Crippen molar-refractivity contribution in [1.82, 2.24) is 5.32 Å². The highest BCUT2D eigenvalue weighted by Gasteiger charge is 2.21. The first-order valence-corrected chi connectivity index (χ1v) is 6.13. The highest BCUT2D eigenvalue weighted by Crippen LogP contribution is 2.37. The molecule has 1 aromatic rings. The largest absolute Gasteiger partial charge is 0.306 e. The molecule has 1 atom stereocenters. The van der Waals surface area contributed by atoms with Crippen molar-refractivity contribution in [2.45, 2.75) is 25.3 Å². The maximum Gasteiger partial charge on any atom is 0.0934 e. The van der Waals surface area contributed by atoms with Gasteiger partial charge < -0.3 is 5.32 Å². The Hall–Kier alpha value is -0.310. The second-order valence-corrected chi connectivity index (χ2v) is 5.34. The molecular formula is C11H14ClNS. The van der Waals surface area contributed by atoms with E-state index in [2.05, 4.69) is 18.0 Å². The molecule has 0 aliphatic heterocycles. The van der Waals surface area contributed by atoms with Crippen molar-refractivity contribution in [2.75, 3.05) is 6.54 Å². The predicted octanol–water partition coefficient (Wildman–Crippen LogP) is 3.55. The Morgan fingerprint density at radius 1 is 1.71 bits per heavy atom. The fraction of sp³-hybridized carbons (Fsp3) is 0.455. The molecule has 2 rings (SSSR count). The maximum absolute atomic E-state index is 6.02. The molecule has 1 heterocycles. The summed E-state index contributed by atoms with van der Waals surface area (Å²) in [5.74, 6) is 0. The Balaban J connectivity index is 2.17. The van der Waals surface area contributed by atoms with Crippen LogP contribution in [-0.2, 0) is 6.42 Å². The first-order chi connectivity index (χ1) is 6.81. The number of hydrogen-bond donors (Lipinski definition) is 1. The van der Waals surface area contributed by atoms with Crippen LogP contribution in [0.3, 0.4) is 0 Å². The molecule has 1 aliphatic rings. The zero-order valence-corrected chi connectivity index (χ0v) is 9.63. The first kappa shape index (κ1) is 10.2. The van der Waals surface area contributed by atoms with E-state index in [1.165, 1.54) is 29.7 Å². The molecule has 0 radical (unpaired) electrons. The van der Waals surface area contributed by atoms with E-state index in [9.17, 15) is 0 Å². The van der Waals surface area contributed by atoms with Gasteiger partial charge in [0.2, 0.25) is 0 Å². The Kier molecular flexibility index (Phi) is 3.26. The summed E-state index contributed by atoms with van der Waals surface area (Å²) in [5.41, 5.74) is 1.41. The lowest BCUT2D eigenvalue weighted by molar-refractivity contribution is 0.485. The third-order valence-corrected chi connectivity index (χ3v) is 3.93. The lowest BCUT2D eigenvalue weighted by Gasteiger charge is -2.22. The summed E-state index contributed by atoms with van der Waals surface area (Å²) in [5, 5.41) is 3.47. The van der Waals surface area contributed by atoms with Crippen molar-refractivity contribution < 1.29 is 0 Å². The van der Waals surface area contributed by atoms with Gasteiger partial charge in [-0.05, 0) is 30.9 Å². The maximum atomic E-state index is 6.02. The van der Waals surface area contributed by atoms with Crippen LogP contribution in [0.2, 0.25) is 4.34 Å². The molecule has 0 amide bonds. The third kappa shape index (κ3) is 2.02. The van der Waals surface area contributed by atoms with E-state index in [1.807, 2.05) is 6.08 Å². The molecular weight excluding hydrogens is 214 g/mol. The van der Waals surface area contributed by atoms with Crippen molar-refractivity contribution in [3.63, 3.8) is 0 Å². The van der Waals surface area contributed by atoms with E-state index in [0.717, 1.165) is 10.9 Å². The number of thiophene rings is 1. The Morgan fingerprint density at radius 3 is 3.36 bits per heavy atom. The topological polar surface area (TPSA) is 12.0 Å². The number of hydrogen-bond acceptors (Lipinski definition) is 2. The summed E-state index contributed by atoms with van der Waals surface area (Å²) in [6.45, 7) is 4.59. The zero-order valence-electron chi connectivity index (χ0n) is 8.05. The summed E-state index contributed by atoms with van der Waals surface area (Å²) in [7, 11) is 0. The van der Waals surface area contributed by atoms with Gasteiger partial charge in [-0.25, -0.2) is 0 Å². The van der Waals surface area contributed by atoms with Crippen molar-refractivity contribution in [3.05, 3.63) is 33.5 Å². The molecule has 3 heteroatoms. The molecule has 0 aromatic carbocycles. The summed E-state index contributed by atoms with van der Waals surface area (Å²) in [4.78, 5) is 1.46. The summed E-state index contributed by atoms with van der Waals surface area (Å²) < 4.78 is 0.919. The van der Waals surface area contributed by atoms with Crippen LogP contribution >= 0.6 is 22.9 Å². The third-order valence-electron chi connectivity index (χ3n) is 2.59. The van der Waals surface area contributed by atoms with Crippen LogP contribution in [0.4, 0.5) is 0 Å². The smallest absolute Gasteiger partial charge is 0.0934 e. The summed E-state index contributed by atoms with van der Waals surface area (Å²) >= 11 is 7.75. The summed E-state index contributed by atoms with van der Waals surface area (Å²) in [6.07, 6.45) is 5.58. The number of nitrogens with one attached hydrogen (secondary N) is 1. The normalized spacial score (nSPS) is 20.5. The Labute approximate surface area is 93.8 Å². The van der Waals surface area contributed by atoms with Crippen LogP contribution in [0.25, 0.3) is 0 Å². The van der Waals surface area contributed by atoms with Crippen LogP contribution in [-0.4, -0.2) is 6.54 Å². The van der Waals surface area contributed by atoms with E-state index < -0.39 is 0 Å². The number of aryl methyl sites for hydroxylation is 1. The van der Waals surface area contributed by atoms with Crippen LogP contribution in [0.5, 0.6) is 0 Å². The molecule has 0 saturated carbocycles. The van der Waals surface area contributed by atoms with Gasteiger partial charge in [-0.1, -0.05) is 17.7 Å². The highest BCUT2D eigenvalue weighted by molar-refractivity contribution is 7.16. The lowest BCUT2D eigenvalue weighted by atomic mass is 9.94. The van der Waals surface area contributed by atoms with Crippen LogP contribution in [0.1, 0.15) is 29.3 Å². The second kappa shape index (κ2) is 4.47. The minimum absolute atomic E-state index is 0.487. The molecule has 1 unspecified atom stereocenters. The highest BCUT2D eigenvalue weighted by atomic mass is 35.5. The van der Waals surface area contributed by atoms with Crippen LogP contribution in [0, 0.1) is 0 Å². The fourth-order valence-corrected chi connectivity index (χ4v) is 3.34. The van der Waals surface area contributed by atoms with E-state index in [-0.39, 0.29) is 0 Å². The molecule has 0 bridgehead atoms. The lowest BCUT2D eigenvalue weighted by Crippen LogP contribution is -2.24. The van der Waals surface area contributed by atoms with Gasteiger partial charge in [0.05, 0.1) is 4.34 Å². The van der Waals surface area contributed by atoms with Crippen molar-refractivity contribution in [3.8, 4) is 0 Å². The molecule has 1 N–H and O–H groups in total. The van der Waals surface area contributed by atoms with Gasteiger partial charge in [-0.3, -0.25) is 0 Å². The number of halogens is 1. The van der Waals surface area contributed by atoms with Gasteiger partial charge in [0.1, 0.15) is 0 Å². The SMILES string of the molecule is C=CCNC1CCCc2sc(Cl)cc21. The average Bonchev–Trinajstić information content (AvgIpc) is 2.55. The molecule has 1 nitrogen and oxygen atoms in total. The molecule has 0 fully saturated rings. The standard InChI is InChI=1S/C11H14ClNS/c1-2-6-13-9-4-3-5-10-8(9)7-11(12)14-10/h2,7,9,13H,1,3-6H2. The Bertz CT molecular complexity index is 332. The number of rotatable bonds is 3. The average molecular weight is 228 g/mol. The minimum atomic E-state index is 0.487. The molecule has 1 aromatic heterocycles. The molecule has 0 spiro atoms. The van der Waals surface area contributed by atoms with Crippen LogP contribution < -0.4 is 5.32 Å². The van der Waals surface area contributed by atoms with Crippen molar-refractivity contribution >= 4 is 22.9 Å². The van der Waals surface area contributed by atoms with Crippen molar-refractivity contribution in [2.24, 2.45) is 0 Å². The van der Waals surface area contributed by atoms with E-state index in [0.29, 0.717) is 6.04 Å². The molecule has 0 saturated heterocycles. The van der Waals surface area contributed by atoms with Gasteiger partial charge in [-0.2, -0.15) is 0 Å². The van der Waals surface area contributed by atoms with E-state index in [4.69, 9.17) is 11.6 Å². The minimum Gasteiger partial charge on any atom is -0.306 e. The van der Waals surface area contributed by atoms with Gasteiger partial charge in [0.15, 0.2) is 0 Å².